The van der Waals surface area contributed by atoms with E-state index in [1.807, 2.05) is 80.6 Å². The normalized spacial score (nSPS) is 10.7. The van der Waals surface area contributed by atoms with Crippen molar-refractivity contribution in [1.29, 1.82) is 0 Å². The lowest BCUT2D eigenvalue weighted by atomic mass is 10.1. The SMILES string of the molecule is Cc1ccc(-n2nc3cc(C)c(NC(=S)NC(=O)Cc4ccccc4)cc3n2)cc1. The first-order valence-corrected chi connectivity index (χ1v) is 9.98. The van der Waals surface area contributed by atoms with Gasteiger partial charge in [-0.15, -0.1) is 10.2 Å². The monoisotopic (exact) mass is 415 g/mol. The van der Waals surface area contributed by atoms with Crippen LogP contribution < -0.4 is 10.6 Å². The average molecular weight is 416 g/mol. The minimum atomic E-state index is -0.164. The van der Waals surface area contributed by atoms with Crippen molar-refractivity contribution in [3.05, 3.63) is 83.4 Å². The van der Waals surface area contributed by atoms with Gasteiger partial charge in [-0.05, 0) is 61.5 Å². The summed E-state index contributed by atoms with van der Waals surface area (Å²) in [6, 6.07) is 21.4. The number of hydrogen-bond acceptors (Lipinski definition) is 4. The highest BCUT2D eigenvalue weighted by atomic mass is 32.1. The highest BCUT2D eigenvalue weighted by molar-refractivity contribution is 7.80. The number of anilines is 1. The van der Waals surface area contributed by atoms with Crippen LogP contribution in [0.1, 0.15) is 16.7 Å². The van der Waals surface area contributed by atoms with Crippen molar-refractivity contribution in [2.75, 3.05) is 5.32 Å². The summed E-state index contributed by atoms with van der Waals surface area (Å²) in [6.07, 6.45) is 0.269. The fourth-order valence-electron chi connectivity index (χ4n) is 3.10. The van der Waals surface area contributed by atoms with Gasteiger partial charge in [0.05, 0.1) is 12.1 Å². The fraction of sp³-hybridized carbons (Fsp3) is 0.130. The Labute approximate surface area is 179 Å². The lowest BCUT2D eigenvalue weighted by Crippen LogP contribution is -2.35. The van der Waals surface area contributed by atoms with Gasteiger partial charge in [-0.2, -0.15) is 4.80 Å². The van der Waals surface area contributed by atoms with E-state index in [-0.39, 0.29) is 17.4 Å². The van der Waals surface area contributed by atoms with Crippen molar-refractivity contribution in [3.8, 4) is 5.69 Å². The third-order valence-electron chi connectivity index (χ3n) is 4.70. The van der Waals surface area contributed by atoms with Gasteiger partial charge in [0.1, 0.15) is 11.0 Å². The molecule has 3 aromatic carbocycles. The Morgan fingerprint density at radius 1 is 0.967 bits per heavy atom. The number of hydrogen-bond donors (Lipinski definition) is 2. The molecule has 2 N–H and O–H groups in total. The van der Waals surface area contributed by atoms with E-state index in [4.69, 9.17) is 12.2 Å². The number of benzene rings is 3. The third-order valence-corrected chi connectivity index (χ3v) is 4.90. The molecule has 0 aliphatic rings. The second-order valence-electron chi connectivity index (χ2n) is 7.15. The highest BCUT2D eigenvalue weighted by Crippen LogP contribution is 2.22. The zero-order valence-electron chi connectivity index (χ0n) is 16.7. The van der Waals surface area contributed by atoms with Gasteiger partial charge in [0.2, 0.25) is 5.91 Å². The molecule has 4 rings (SSSR count). The van der Waals surface area contributed by atoms with Crippen LogP contribution in [-0.4, -0.2) is 26.0 Å². The maximum atomic E-state index is 12.2. The molecule has 0 unspecified atom stereocenters. The van der Waals surface area contributed by atoms with Gasteiger partial charge < -0.3 is 10.6 Å². The predicted octanol–water partition coefficient (Wildman–Crippen LogP) is 4.09. The Hall–Kier alpha value is -3.58. The molecule has 1 aromatic heterocycles. The van der Waals surface area contributed by atoms with Gasteiger partial charge in [-0.3, -0.25) is 4.79 Å². The molecule has 150 valence electrons. The summed E-state index contributed by atoms with van der Waals surface area (Å²) in [6.45, 7) is 4.00. The quantitative estimate of drug-likeness (QED) is 0.491. The van der Waals surface area contributed by atoms with Crippen molar-refractivity contribution in [1.82, 2.24) is 20.3 Å². The first kappa shape index (κ1) is 19.7. The summed E-state index contributed by atoms with van der Waals surface area (Å²) in [5, 5.41) is 15.2. The van der Waals surface area contributed by atoms with E-state index in [0.29, 0.717) is 0 Å². The predicted molar refractivity (Wildman–Crippen MR) is 123 cm³/mol. The number of carbonyl (C=O) groups is 1. The minimum absolute atomic E-state index is 0.164. The number of carbonyl (C=O) groups excluding carboxylic acids is 1. The Balaban J connectivity index is 1.48. The summed E-state index contributed by atoms with van der Waals surface area (Å²) >= 11 is 5.32. The molecule has 0 atom stereocenters. The number of aromatic nitrogens is 3. The topological polar surface area (TPSA) is 71.8 Å². The Morgan fingerprint density at radius 2 is 1.63 bits per heavy atom. The molecular weight excluding hydrogens is 394 g/mol. The number of thiocarbonyl (C=S) groups is 1. The van der Waals surface area contributed by atoms with E-state index in [1.165, 1.54) is 5.56 Å². The van der Waals surface area contributed by atoms with E-state index >= 15 is 0 Å². The molecule has 0 spiro atoms. The van der Waals surface area contributed by atoms with Gasteiger partial charge in [-0.1, -0.05) is 48.0 Å². The smallest absolute Gasteiger partial charge is 0.230 e. The third kappa shape index (κ3) is 4.52. The van der Waals surface area contributed by atoms with Crippen molar-refractivity contribution < 1.29 is 4.79 Å². The van der Waals surface area contributed by atoms with Gasteiger partial charge in [0.25, 0.3) is 0 Å². The first-order chi connectivity index (χ1) is 14.5. The summed E-state index contributed by atoms with van der Waals surface area (Å²) in [5.74, 6) is -0.164. The van der Waals surface area contributed by atoms with Crippen molar-refractivity contribution in [2.24, 2.45) is 0 Å². The van der Waals surface area contributed by atoms with E-state index < -0.39 is 0 Å². The lowest BCUT2D eigenvalue weighted by molar-refractivity contribution is -0.119. The summed E-state index contributed by atoms with van der Waals surface area (Å²) in [7, 11) is 0. The number of fused-ring (bicyclic) bond motifs is 1. The first-order valence-electron chi connectivity index (χ1n) is 9.57. The molecular formula is C23H21N5OS. The van der Waals surface area contributed by atoms with Gasteiger partial charge in [0.15, 0.2) is 5.11 Å². The molecule has 4 aromatic rings. The molecule has 0 fully saturated rings. The van der Waals surface area contributed by atoms with Crippen LogP contribution in [0.2, 0.25) is 0 Å². The highest BCUT2D eigenvalue weighted by Gasteiger charge is 2.11. The maximum Gasteiger partial charge on any atom is 0.230 e. The van der Waals surface area contributed by atoms with Crippen molar-refractivity contribution in [2.45, 2.75) is 20.3 Å². The van der Waals surface area contributed by atoms with E-state index in [2.05, 4.69) is 20.8 Å². The van der Waals surface area contributed by atoms with E-state index in [1.54, 1.807) is 4.80 Å². The fourth-order valence-corrected chi connectivity index (χ4v) is 3.33. The maximum absolute atomic E-state index is 12.2. The standard InChI is InChI=1S/C23H21N5OS/c1-15-8-10-18(11-9-15)28-26-20-12-16(2)19(14-21(20)27-28)24-23(30)25-22(29)13-17-6-4-3-5-7-17/h3-12,14H,13H2,1-2H3,(H2,24,25,29,30). The second-order valence-corrected chi connectivity index (χ2v) is 7.55. The second kappa shape index (κ2) is 8.42. The van der Waals surface area contributed by atoms with Crippen LogP contribution in [0.3, 0.4) is 0 Å². The Kier molecular flexibility index (Phi) is 5.54. The number of aryl methyl sites for hydroxylation is 2. The molecule has 0 saturated carbocycles. The van der Waals surface area contributed by atoms with Gasteiger partial charge in [-0.25, -0.2) is 0 Å². The van der Waals surface area contributed by atoms with Crippen molar-refractivity contribution in [3.63, 3.8) is 0 Å². The molecule has 1 heterocycles. The van der Waals surface area contributed by atoms with Crippen LogP contribution >= 0.6 is 12.2 Å². The van der Waals surface area contributed by atoms with Gasteiger partial charge >= 0.3 is 0 Å². The Bertz CT molecular complexity index is 1220. The molecule has 7 heteroatoms. The zero-order chi connectivity index (χ0) is 21.1. The molecule has 1 amide bonds. The number of nitrogens with one attached hydrogen (secondary N) is 2. The molecule has 0 radical (unpaired) electrons. The zero-order valence-corrected chi connectivity index (χ0v) is 17.5. The van der Waals surface area contributed by atoms with Crippen LogP contribution in [-0.2, 0) is 11.2 Å². The van der Waals surface area contributed by atoms with E-state index in [9.17, 15) is 4.79 Å². The lowest BCUT2D eigenvalue weighted by Gasteiger charge is -2.11. The summed E-state index contributed by atoms with van der Waals surface area (Å²) in [5.41, 5.74) is 6.28. The number of rotatable bonds is 4. The van der Waals surface area contributed by atoms with Crippen LogP contribution in [0.15, 0.2) is 66.7 Å². The van der Waals surface area contributed by atoms with Crippen LogP contribution in [0.4, 0.5) is 5.69 Å². The minimum Gasteiger partial charge on any atom is -0.332 e. The van der Waals surface area contributed by atoms with Gasteiger partial charge in [0, 0.05) is 5.69 Å². The summed E-state index contributed by atoms with van der Waals surface area (Å²) in [4.78, 5) is 13.8. The average Bonchev–Trinajstić information content (AvgIpc) is 3.12. The molecule has 0 aliphatic heterocycles. The van der Waals surface area contributed by atoms with Crippen LogP contribution in [0.5, 0.6) is 0 Å². The molecule has 0 saturated heterocycles. The van der Waals surface area contributed by atoms with Crippen molar-refractivity contribution >= 4 is 40.0 Å². The number of nitrogens with zero attached hydrogens (tertiary/aromatic N) is 3. The van der Waals surface area contributed by atoms with Crippen LogP contribution in [0, 0.1) is 13.8 Å². The largest absolute Gasteiger partial charge is 0.332 e. The molecule has 30 heavy (non-hydrogen) atoms. The summed E-state index contributed by atoms with van der Waals surface area (Å²) < 4.78 is 0. The number of amides is 1. The molecule has 6 nitrogen and oxygen atoms in total. The van der Waals surface area contributed by atoms with E-state index in [0.717, 1.165) is 33.5 Å². The van der Waals surface area contributed by atoms with Crippen LogP contribution in [0.25, 0.3) is 16.7 Å². The Morgan fingerprint density at radius 3 is 2.33 bits per heavy atom. The molecule has 0 aliphatic carbocycles. The molecule has 0 bridgehead atoms.